The molecule has 0 saturated carbocycles. The van der Waals surface area contributed by atoms with Crippen LogP contribution < -0.4 is 14.8 Å². The van der Waals surface area contributed by atoms with E-state index in [1.54, 1.807) is 14.2 Å². The van der Waals surface area contributed by atoms with E-state index in [4.69, 9.17) is 14.6 Å². The minimum Gasteiger partial charge on any atom is -0.497 e. The number of rotatable bonds is 4. The lowest BCUT2D eigenvalue weighted by atomic mass is 10.0. The largest absolute Gasteiger partial charge is 0.497 e. The number of anilines is 1. The quantitative estimate of drug-likeness (QED) is 0.701. The van der Waals surface area contributed by atoms with E-state index in [1.807, 2.05) is 18.2 Å². The highest BCUT2D eigenvalue weighted by molar-refractivity contribution is 5.76. The monoisotopic (exact) mass is 377 g/mol. The van der Waals surface area contributed by atoms with Crippen molar-refractivity contribution in [1.29, 1.82) is 0 Å². The van der Waals surface area contributed by atoms with E-state index in [0.717, 1.165) is 60.1 Å². The fraction of sp³-hybridized carbons (Fsp3) is 0.348. The van der Waals surface area contributed by atoms with Crippen molar-refractivity contribution in [2.75, 3.05) is 26.1 Å². The zero-order chi connectivity index (χ0) is 19.7. The average Bonchev–Trinajstić information content (AvgIpc) is 2.89. The van der Waals surface area contributed by atoms with E-state index in [9.17, 15) is 0 Å². The van der Waals surface area contributed by atoms with Crippen LogP contribution in [0.15, 0.2) is 36.4 Å². The predicted molar refractivity (Wildman–Crippen MR) is 113 cm³/mol. The molecule has 0 amide bonds. The van der Waals surface area contributed by atoms with Gasteiger partial charge in [-0.2, -0.15) is 5.10 Å². The fourth-order valence-electron chi connectivity index (χ4n) is 3.83. The topological polar surface area (TPSA) is 48.3 Å². The van der Waals surface area contributed by atoms with Crippen LogP contribution in [0.2, 0.25) is 0 Å². The first-order valence-electron chi connectivity index (χ1n) is 9.78. The first kappa shape index (κ1) is 18.4. The molecule has 0 spiro atoms. The molecule has 0 bridgehead atoms. The molecule has 0 atom stereocenters. The second-order valence-electron chi connectivity index (χ2n) is 7.33. The van der Waals surface area contributed by atoms with Crippen LogP contribution in [-0.4, -0.2) is 30.5 Å². The van der Waals surface area contributed by atoms with Gasteiger partial charge in [0.15, 0.2) is 0 Å². The van der Waals surface area contributed by atoms with Crippen molar-refractivity contribution in [2.24, 2.45) is 0 Å². The van der Waals surface area contributed by atoms with Gasteiger partial charge in [0.1, 0.15) is 23.0 Å². The van der Waals surface area contributed by atoms with Gasteiger partial charge < -0.3 is 14.8 Å². The van der Waals surface area contributed by atoms with Crippen molar-refractivity contribution >= 4 is 5.82 Å². The highest BCUT2D eigenvalue weighted by Gasteiger charge is 2.24. The van der Waals surface area contributed by atoms with Crippen LogP contribution in [0, 0.1) is 13.8 Å². The normalized spacial score (nSPS) is 13.4. The first-order valence-corrected chi connectivity index (χ1v) is 9.78. The Kier molecular flexibility index (Phi) is 4.99. The molecule has 0 unspecified atom stereocenters. The van der Waals surface area contributed by atoms with Crippen molar-refractivity contribution < 1.29 is 9.47 Å². The Morgan fingerprint density at radius 2 is 1.86 bits per heavy atom. The Morgan fingerprint density at radius 3 is 2.64 bits per heavy atom. The van der Waals surface area contributed by atoms with Crippen LogP contribution in [-0.2, 0) is 6.42 Å². The molecule has 1 N–H and O–H groups in total. The summed E-state index contributed by atoms with van der Waals surface area (Å²) in [4.78, 5) is 0. The maximum absolute atomic E-state index is 5.67. The molecule has 4 rings (SSSR count). The van der Waals surface area contributed by atoms with Crippen molar-refractivity contribution in [3.8, 4) is 28.4 Å². The standard InChI is InChI=1S/C23H27N3O2/c1-15-8-9-16(2)20(13-15)26-23-19(7-5-6-12-24-23)22(25-26)18-11-10-17(27-3)14-21(18)28-4/h8-11,13-14,24H,5-7,12H2,1-4H3. The highest BCUT2D eigenvalue weighted by Crippen LogP contribution is 2.39. The van der Waals surface area contributed by atoms with Gasteiger partial charge in [0, 0.05) is 23.7 Å². The molecular formula is C23H27N3O2. The molecule has 1 aliphatic rings. The van der Waals surface area contributed by atoms with Crippen LogP contribution in [0.5, 0.6) is 11.5 Å². The second-order valence-corrected chi connectivity index (χ2v) is 7.33. The third-order valence-corrected chi connectivity index (χ3v) is 5.39. The Bertz CT molecular complexity index is 1010. The summed E-state index contributed by atoms with van der Waals surface area (Å²) < 4.78 is 13.1. The van der Waals surface area contributed by atoms with Gasteiger partial charge in [-0.15, -0.1) is 0 Å². The number of aryl methyl sites for hydroxylation is 2. The first-order chi connectivity index (χ1) is 13.6. The van der Waals surface area contributed by atoms with E-state index in [-0.39, 0.29) is 0 Å². The molecule has 2 heterocycles. The molecule has 5 heteroatoms. The van der Waals surface area contributed by atoms with Gasteiger partial charge >= 0.3 is 0 Å². The fourth-order valence-corrected chi connectivity index (χ4v) is 3.83. The molecule has 0 aliphatic carbocycles. The van der Waals surface area contributed by atoms with Crippen molar-refractivity contribution in [3.05, 3.63) is 53.1 Å². The summed E-state index contributed by atoms with van der Waals surface area (Å²) in [6.07, 6.45) is 3.29. The minimum atomic E-state index is 0.775. The molecular weight excluding hydrogens is 350 g/mol. The molecule has 0 fully saturated rings. The van der Waals surface area contributed by atoms with Gasteiger partial charge in [-0.1, -0.05) is 12.1 Å². The summed E-state index contributed by atoms with van der Waals surface area (Å²) in [5.74, 6) is 2.65. The zero-order valence-corrected chi connectivity index (χ0v) is 17.0. The van der Waals surface area contributed by atoms with Gasteiger partial charge in [-0.05, 0) is 62.4 Å². The van der Waals surface area contributed by atoms with Crippen molar-refractivity contribution in [3.63, 3.8) is 0 Å². The SMILES string of the molecule is COc1ccc(-c2nn(-c3cc(C)ccc3C)c3c2CCCCN3)c(OC)c1. The third-order valence-electron chi connectivity index (χ3n) is 5.39. The van der Waals surface area contributed by atoms with Crippen molar-refractivity contribution in [2.45, 2.75) is 33.1 Å². The number of nitrogens with one attached hydrogen (secondary N) is 1. The van der Waals surface area contributed by atoms with E-state index in [1.165, 1.54) is 16.7 Å². The highest BCUT2D eigenvalue weighted by atomic mass is 16.5. The summed E-state index contributed by atoms with van der Waals surface area (Å²) >= 11 is 0. The van der Waals surface area contributed by atoms with E-state index in [2.05, 4.69) is 42.0 Å². The number of hydrogen-bond donors (Lipinski definition) is 1. The smallest absolute Gasteiger partial charge is 0.133 e. The number of benzene rings is 2. The van der Waals surface area contributed by atoms with Gasteiger partial charge in [-0.25, -0.2) is 4.68 Å². The Hall–Kier alpha value is -2.95. The number of nitrogens with zero attached hydrogens (tertiary/aromatic N) is 2. The molecule has 0 radical (unpaired) electrons. The van der Waals surface area contributed by atoms with Gasteiger partial charge in [0.25, 0.3) is 0 Å². The van der Waals surface area contributed by atoms with Crippen LogP contribution in [0.25, 0.3) is 16.9 Å². The molecule has 0 saturated heterocycles. The zero-order valence-electron chi connectivity index (χ0n) is 17.0. The lowest BCUT2D eigenvalue weighted by molar-refractivity contribution is 0.395. The lowest BCUT2D eigenvalue weighted by Crippen LogP contribution is -2.08. The Balaban J connectivity index is 1.95. The number of aromatic nitrogens is 2. The lowest BCUT2D eigenvalue weighted by Gasteiger charge is -2.12. The molecule has 146 valence electrons. The summed E-state index contributed by atoms with van der Waals surface area (Å²) in [7, 11) is 3.36. The molecule has 1 aromatic heterocycles. The number of methoxy groups -OCH3 is 2. The average molecular weight is 377 g/mol. The number of hydrogen-bond acceptors (Lipinski definition) is 4. The second kappa shape index (κ2) is 7.58. The van der Waals surface area contributed by atoms with Gasteiger partial charge in [-0.3, -0.25) is 0 Å². The van der Waals surface area contributed by atoms with Crippen LogP contribution >= 0.6 is 0 Å². The third kappa shape index (κ3) is 3.21. The van der Waals surface area contributed by atoms with Crippen LogP contribution in [0.3, 0.4) is 0 Å². The van der Waals surface area contributed by atoms with Crippen LogP contribution in [0.1, 0.15) is 29.5 Å². The molecule has 1 aliphatic heterocycles. The minimum absolute atomic E-state index is 0.775. The maximum Gasteiger partial charge on any atom is 0.133 e. The van der Waals surface area contributed by atoms with Gasteiger partial charge in [0.2, 0.25) is 0 Å². The molecule has 5 nitrogen and oxygen atoms in total. The summed E-state index contributed by atoms with van der Waals surface area (Å²) in [5, 5.41) is 8.70. The van der Waals surface area contributed by atoms with Crippen molar-refractivity contribution in [1.82, 2.24) is 9.78 Å². The van der Waals surface area contributed by atoms with Crippen LogP contribution in [0.4, 0.5) is 5.82 Å². The number of fused-ring (bicyclic) bond motifs is 1. The Morgan fingerprint density at radius 1 is 1.00 bits per heavy atom. The predicted octanol–water partition coefficient (Wildman–Crippen LogP) is 4.92. The van der Waals surface area contributed by atoms with E-state index < -0.39 is 0 Å². The van der Waals surface area contributed by atoms with Gasteiger partial charge in [0.05, 0.1) is 19.9 Å². The van der Waals surface area contributed by atoms with E-state index >= 15 is 0 Å². The molecule has 2 aromatic carbocycles. The summed E-state index contributed by atoms with van der Waals surface area (Å²) in [5.41, 5.74) is 6.76. The summed E-state index contributed by atoms with van der Waals surface area (Å²) in [6, 6.07) is 12.4. The molecule has 28 heavy (non-hydrogen) atoms. The Labute approximate surface area is 166 Å². The van der Waals surface area contributed by atoms with E-state index in [0.29, 0.717) is 0 Å². The number of ether oxygens (including phenoxy) is 2. The summed E-state index contributed by atoms with van der Waals surface area (Å²) in [6.45, 7) is 5.21. The maximum atomic E-state index is 5.67. The molecule has 3 aromatic rings.